The minimum atomic E-state index is -0.219. The first kappa shape index (κ1) is 19.9. The van der Waals surface area contributed by atoms with Gasteiger partial charge in [0.15, 0.2) is 0 Å². The highest BCUT2D eigenvalue weighted by molar-refractivity contribution is 7.12. The van der Waals surface area contributed by atoms with Crippen LogP contribution < -0.4 is 10.1 Å². The number of aromatic nitrogens is 2. The number of hydrogen-bond acceptors (Lipinski definition) is 6. The molecule has 0 spiro atoms. The van der Waals surface area contributed by atoms with Gasteiger partial charge in [0.2, 0.25) is 11.8 Å². The molecule has 2 heterocycles. The number of rotatable bonds is 7. The third kappa shape index (κ3) is 4.42. The molecule has 4 rings (SSSR count). The van der Waals surface area contributed by atoms with Crippen molar-refractivity contribution in [3.63, 3.8) is 0 Å². The van der Waals surface area contributed by atoms with Crippen molar-refractivity contribution in [1.29, 1.82) is 0 Å². The Bertz CT molecular complexity index is 1170. The molecule has 0 saturated carbocycles. The van der Waals surface area contributed by atoms with E-state index in [9.17, 15) is 4.79 Å². The van der Waals surface area contributed by atoms with Gasteiger partial charge in [-0.2, -0.15) is 0 Å². The Hall–Kier alpha value is -3.42. The number of thiophene rings is 1. The van der Waals surface area contributed by atoms with Crippen LogP contribution in [0.15, 0.2) is 77.0 Å². The van der Waals surface area contributed by atoms with E-state index in [0.29, 0.717) is 39.4 Å². The summed E-state index contributed by atoms with van der Waals surface area (Å²) in [5.41, 5.74) is 1.82. The van der Waals surface area contributed by atoms with Crippen molar-refractivity contribution >= 4 is 34.5 Å². The number of carbonyl (C=O) groups excluding carboxylic acids is 1. The fourth-order valence-corrected chi connectivity index (χ4v) is 3.43. The van der Waals surface area contributed by atoms with Crippen LogP contribution in [0.25, 0.3) is 22.9 Å². The molecular formula is C22H16ClN3O3S. The van der Waals surface area contributed by atoms with Gasteiger partial charge in [0.1, 0.15) is 12.4 Å². The summed E-state index contributed by atoms with van der Waals surface area (Å²) in [7, 11) is 0. The Morgan fingerprint density at radius 1 is 1.17 bits per heavy atom. The van der Waals surface area contributed by atoms with Crippen LogP contribution in [-0.4, -0.2) is 22.7 Å². The summed E-state index contributed by atoms with van der Waals surface area (Å²) in [6.45, 7) is 4.00. The second-order valence-electron chi connectivity index (χ2n) is 6.16. The molecule has 6 nitrogen and oxygen atoms in total. The molecule has 0 fully saturated rings. The van der Waals surface area contributed by atoms with Gasteiger partial charge in [0.25, 0.3) is 5.91 Å². The lowest BCUT2D eigenvalue weighted by molar-refractivity contribution is 0.103. The van der Waals surface area contributed by atoms with Gasteiger partial charge < -0.3 is 14.5 Å². The SMILES string of the molecule is C=CCOc1ccc(NC(=O)c2cccs2)c(-c2nnc(-c3ccc(Cl)cc3)o2)c1. The number of benzene rings is 2. The Kier molecular flexibility index (Phi) is 5.92. The number of nitrogens with zero attached hydrogens (tertiary/aromatic N) is 2. The number of hydrogen-bond donors (Lipinski definition) is 1. The van der Waals surface area contributed by atoms with Crippen molar-refractivity contribution in [2.45, 2.75) is 0 Å². The first-order valence-corrected chi connectivity index (χ1v) is 10.2. The second kappa shape index (κ2) is 8.94. The largest absolute Gasteiger partial charge is 0.490 e. The maximum absolute atomic E-state index is 12.5. The van der Waals surface area contributed by atoms with E-state index in [2.05, 4.69) is 22.1 Å². The van der Waals surface area contributed by atoms with Crippen LogP contribution in [0.5, 0.6) is 5.75 Å². The summed E-state index contributed by atoms with van der Waals surface area (Å²) in [5, 5.41) is 13.7. The van der Waals surface area contributed by atoms with Crippen LogP contribution in [0.2, 0.25) is 5.02 Å². The number of amides is 1. The Labute approximate surface area is 181 Å². The third-order valence-electron chi connectivity index (χ3n) is 4.10. The molecule has 0 bridgehead atoms. The lowest BCUT2D eigenvalue weighted by Crippen LogP contribution is -2.11. The smallest absolute Gasteiger partial charge is 0.265 e. The van der Waals surface area contributed by atoms with Gasteiger partial charge in [-0.05, 0) is 53.9 Å². The number of anilines is 1. The van der Waals surface area contributed by atoms with E-state index < -0.39 is 0 Å². The van der Waals surface area contributed by atoms with Crippen LogP contribution in [0.4, 0.5) is 5.69 Å². The summed E-state index contributed by atoms with van der Waals surface area (Å²) in [6, 6.07) is 15.9. The maximum Gasteiger partial charge on any atom is 0.265 e. The topological polar surface area (TPSA) is 77.2 Å². The van der Waals surface area contributed by atoms with Crippen LogP contribution in [-0.2, 0) is 0 Å². The Morgan fingerprint density at radius 3 is 2.70 bits per heavy atom. The molecule has 0 radical (unpaired) electrons. The molecule has 8 heteroatoms. The van der Waals surface area contributed by atoms with Gasteiger partial charge in [0, 0.05) is 10.6 Å². The molecular weight excluding hydrogens is 422 g/mol. The van der Waals surface area contributed by atoms with Crippen LogP contribution in [0.1, 0.15) is 9.67 Å². The molecule has 1 N–H and O–H groups in total. The highest BCUT2D eigenvalue weighted by Gasteiger charge is 2.18. The summed E-state index contributed by atoms with van der Waals surface area (Å²) in [6.07, 6.45) is 1.65. The lowest BCUT2D eigenvalue weighted by atomic mass is 10.1. The third-order valence-corrected chi connectivity index (χ3v) is 5.22. The molecule has 0 saturated heterocycles. The molecule has 0 aliphatic heterocycles. The lowest BCUT2D eigenvalue weighted by Gasteiger charge is -2.11. The minimum absolute atomic E-state index is 0.219. The zero-order chi connectivity index (χ0) is 20.9. The standard InChI is InChI=1S/C22H16ClN3O3S/c1-2-11-28-16-9-10-18(24-20(27)19-4-3-12-30-19)17(13-16)22-26-25-21(29-22)14-5-7-15(23)8-6-14/h2-10,12-13H,1,11H2,(H,24,27). The van der Waals surface area contributed by atoms with E-state index in [4.69, 9.17) is 20.8 Å². The van der Waals surface area contributed by atoms with Crippen molar-refractivity contribution in [2.24, 2.45) is 0 Å². The Balaban J connectivity index is 1.69. The molecule has 4 aromatic rings. The number of nitrogens with one attached hydrogen (secondary N) is 1. The summed E-state index contributed by atoms with van der Waals surface area (Å²) in [5.74, 6) is 0.966. The van der Waals surface area contributed by atoms with Gasteiger partial charge >= 0.3 is 0 Å². The molecule has 0 aliphatic rings. The number of carbonyl (C=O) groups is 1. The van der Waals surface area contributed by atoms with Crippen molar-refractivity contribution < 1.29 is 13.9 Å². The fraction of sp³-hybridized carbons (Fsp3) is 0.0455. The van der Waals surface area contributed by atoms with E-state index in [1.54, 1.807) is 54.6 Å². The molecule has 0 atom stereocenters. The molecule has 1 amide bonds. The predicted octanol–water partition coefficient (Wildman–Crippen LogP) is 5.94. The highest BCUT2D eigenvalue weighted by atomic mass is 35.5. The van der Waals surface area contributed by atoms with E-state index in [1.165, 1.54) is 11.3 Å². The van der Waals surface area contributed by atoms with E-state index in [0.717, 1.165) is 5.56 Å². The van der Waals surface area contributed by atoms with Gasteiger partial charge in [-0.1, -0.05) is 30.3 Å². The predicted molar refractivity (Wildman–Crippen MR) is 118 cm³/mol. The Morgan fingerprint density at radius 2 is 1.97 bits per heavy atom. The normalized spacial score (nSPS) is 10.6. The quantitative estimate of drug-likeness (QED) is 0.362. The monoisotopic (exact) mass is 437 g/mol. The molecule has 0 unspecified atom stereocenters. The second-order valence-corrected chi connectivity index (χ2v) is 7.54. The summed E-state index contributed by atoms with van der Waals surface area (Å²) < 4.78 is 11.5. The first-order valence-electron chi connectivity index (χ1n) is 8.96. The molecule has 30 heavy (non-hydrogen) atoms. The van der Waals surface area contributed by atoms with Gasteiger partial charge in [0.05, 0.1) is 16.1 Å². The summed E-state index contributed by atoms with van der Waals surface area (Å²) in [4.78, 5) is 13.1. The van der Waals surface area contributed by atoms with Crippen molar-refractivity contribution in [3.05, 3.63) is 82.5 Å². The molecule has 2 aromatic carbocycles. The molecule has 150 valence electrons. The number of halogens is 1. The average molecular weight is 438 g/mol. The zero-order valence-electron chi connectivity index (χ0n) is 15.7. The van der Waals surface area contributed by atoms with E-state index >= 15 is 0 Å². The zero-order valence-corrected chi connectivity index (χ0v) is 17.2. The van der Waals surface area contributed by atoms with Crippen LogP contribution >= 0.6 is 22.9 Å². The van der Waals surface area contributed by atoms with E-state index in [1.807, 2.05) is 11.4 Å². The van der Waals surface area contributed by atoms with Gasteiger partial charge in [-0.25, -0.2) is 0 Å². The van der Waals surface area contributed by atoms with Gasteiger partial charge in [-0.3, -0.25) is 4.79 Å². The molecule has 0 aliphatic carbocycles. The van der Waals surface area contributed by atoms with Crippen LogP contribution in [0, 0.1) is 0 Å². The number of ether oxygens (including phenoxy) is 1. The van der Waals surface area contributed by atoms with Crippen LogP contribution in [0.3, 0.4) is 0 Å². The van der Waals surface area contributed by atoms with Gasteiger partial charge in [-0.15, -0.1) is 21.5 Å². The molecule has 2 aromatic heterocycles. The van der Waals surface area contributed by atoms with Crippen molar-refractivity contribution in [3.8, 4) is 28.7 Å². The fourth-order valence-electron chi connectivity index (χ4n) is 2.69. The summed E-state index contributed by atoms with van der Waals surface area (Å²) >= 11 is 7.30. The van der Waals surface area contributed by atoms with Crippen molar-refractivity contribution in [2.75, 3.05) is 11.9 Å². The van der Waals surface area contributed by atoms with E-state index in [-0.39, 0.29) is 11.8 Å². The minimum Gasteiger partial charge on any atom is -0.490 e. The first-order chi connectivity index (χ1) is 14.6. The van der Waals surface area contributed by atoms with Crippen molar-refractivity contribution in [1.82, 2.24) is 10.2 Å². The average Bonchev–Trinajstić information content (AvgIpc) is 3.46. The highest BCUT2D eigenvalue weighted by Crippen LogP contribution is 2.33. The maximum atomic E-state index is 12.5.